The van der Waals surface area contributed by atoms with E-state index in [2.05, 4.69) is 67.9 Å². The predicted octanol–water partition coefficient (Wildman–Crippen LogP) is 2.46. The van der Waals surface area contributed by atoms with Crippen LogP contribution in [0.15, 0.2) is 35.3 Å². The lowest BCUT2D eigenvalue weighted by molar-refractivity contribution is 0.00578. The topological polar surface area (TPSA) is 43.3 Å². The van der Waals surface area contributed by atoms with Gasteiger partial charge in [0.05, 0.1) is 17.7 Å². The van der Waals surface area contributed by atoms with Crippen LogP contribution in [-0.4, -0.2) is 55.5 Å². The van der Waals surface area contributed by atoms with Gasteiger partial charge in [-0.25, -0.2) is 4.99 Å². The Hall–Kier alpha value is -1.79. The van der Waals surface area contributed by atoms with Crippen LogP contribution in [0.4, 0.5) is 0 Å². The average molecular weight is 354 g/mol. The van der Waals surface area contributed by atoms with E-state index in [1.165, 1.54) is 11.1 Å². The van der Waals surface area contributed by atoms with E-state index in [0.29, 0.717) is 6.61 Å². The predicted molar refractivity (Wildman–Crippen MR) is 105 cm³/mol. The Labute approximate surface area is 156 Å². The minimum Gasteiger partial charge on any atom is -0.463 e. The molecule has 0 spiro atoms. The molecule has 3 aliphatic rings. The van der Waals surface area contributed by atoms with Crippen LogP contribution in [0.3, 0.4) is 0 Å². The van der Waals surface area contributed by atoms with Gasteiger partial charge in [-0.15, -0.1) is 0 Å². The van der Waals surface area contributed by atoms with E-state index < -0.39 is 0 Å². The number of hydrogen-bond donors (Lipinski definition) is 0. The van der Waals surface area contributed by atoms with Gasteiger partial charge in [0.25, 0.3) is 6.02 Å². The summed E-state index contributed by atoms with van der Waals surface area (Å²) >= 11 is 0. The average Bonchev–Trinajstić information content (AvgIpc) is 3.22. The van der Waals surface area contributed by atoms with Gasteiger partial charge in [-0.1, -0.05) is 30.3 Å². The molecule has 0 unspecified atom stereocenters. The van der Waals surface area contributed by atoms with Gasteiger partial charge in [0, 0.05) is 13.1 Å². The molecule has 0 atom stereocenters. The number of rotatable bonds is 2. The quantitative estimate of drug-likeness (QED) is 0.766. The third-order valence-electron chi connectivity index (χ3n) is 5.86. The van der Waals surface area contributed by atoms with Crippen molar-refractivity contribution in [1.82, 2.24) is 4.90 Å². The van der Waals surface area contributed by atoms with Gasteiger partial charge in [0.2, 0.25) is 0 Å². The third-order valence-corrected chi connectivity index (χ3v) is 5.86. The standard InChI is InChI=1S/C20H27BN2O3/c1-19(2)20(3,4)26-21(25-19)17-7-5-15(6-8-17)16-9-12-23(13-10-16)18-22-11-14-24-18/h5-9H,10-14H2,1-4H3. The number of nitrogens with zero attached hydrogens (tertiary/aromatic N) is 2. The molecule has 0 amide bonds. The molecule has 5 nitrogen and oxygen atoms in total. The summed E-state index contributed by atoms with van der Waals surface area (Å²) in [5.74, 6) is 0. The fraction of sp³-hybridized carbons (Fsp3) is 0.550. The van der Waals surface area contributed by atoms with Gasteiger partial charge in [-0.3, -0.25) is 0 Å². The van der Waals surface area contributed by atoms with Crippen LogP contribution in [0.5, 0.6) is 0 Å². The van der Waals surface area contributed by atoms with Crippen LogP contribution in [-0.2, 0) is 14.0 Å². The highest BCUT2D eigenvalue weighted by Crippen LogP contribution is 2.36. The maximum Gasteiger partial charge on any atom is 0.494 e. The van der Waals surface area contributed by atoms with Crippen molar-refractivity contribution in [2.24, 2.45) is 4.99 Å². The number of hydrogen-bond acceptors (Lipinski definition) is 5. The Morgan fingerprint density at radius 2 is 1.73 bits per heavy atom. The smallest absolute Gasteiger partial charge is 0.463 e. The van der Waals surface area contributed by atoms with Crippen molar-refractivity contribution in [3.05, 3.63) is 35.9 Å². The molecule has 1 aromatic carbocycles. The molecule has 0 aliphatic carbocycles. The zero-order chi connectivity index (χ0) is 18.4. The molecule has 4 rings (SSSR count). The summed E-state index contributed by atoms with van der Waals surface area (Å²) in [5.41, 5.74) is 3.09. The molecule has 3 aliphatic heterocycles. The van der Waals surface area contributed by atoms with E-state index in [0.717, 1.165) is 37.5 Å². The zero-order valence-electron chi connectivity index (χ0n) is 16.1. The minimum atomic E-state index is -0.309. The van der Waals surface area contributed by atoms with Crippen molar-refractivity contribution in [3.8, 4) is 0 Å². The fourth-order valence-corrected chi connectivity index (χ4v) is 3.45. The Morgan fingerprint density at radius 3 is 2.27 bits per heavy atom. The molecule has 1 saturated heterocycles. The van der Waals surface area contributed by atoms with Gasteiger partial charge in [0.1, 0.15) is 6.61 Å². The lowest BCUT2D eigenvalue weighted by atomic mass is 9.78. The second-order valence-corrected chi connectivity index (χ2v) is 8.15. The van der Waals surface area contributed by atoms with Gasteiger partial charge < -0.3 is 18.9 Å². The largest absolute Gasteiger partial charge is 0.494 e. The second kappa shape index (κ2) is 6.43. The Bertz CT molecular complexity index is 724. The molecule has 6 heteroatoms. The maximum atomic E-state index is 6.14. The molecule has 138 valence electrons. The fourth-order valence-electron chi connectivity index (χ4n) is 3.45. The van der Waals surface area contributed by atoms with Crippen LogP contribution in [0, 0.1) is 0 Å². The van der Waals surface area contributed by atoms with E-state index in [1.807, 2.05) is 0 Å². The Balaban J connectivity index is 1.44. The summed E-state index contributed by atoms with van der Waals surface area (Å²) in [6.07, 6.45) is 3.27. The Morgan fingerprint density at radius 1 is 1.04 bits per heavy atom. The lowest BCUT2D eigenvalue weighted by Crippen LogP contribution is -2.41. The SMILES string of the molecule is CC1(C)OB(c2ccc(C3=CCN(C4=NCCO4)CC3)cc2)OC1(C)C. The number of ether oxygens (including phenoxy) is 1. The molecule has 0 N–H and O–H groups in total. The zero-order valence-corrected chi connectivity index (χ0v) is 16.1. The van der Waals surface area contributed by atoms with E-state index in [9.17, 15) is 0 Å². The monoisotopic (exact) mass is 354 g/mol. The summed E-state index contributed by atoms with van der Waals surface area (Å²) in [5, 5.41) is 0. The first-order chi connectivity index (χ1) is 12.4. The molecule has 26 heavy (non-hydrogen) atoms. The van der Waals surface area contributed by atoms with Crippen LogP contribution >= 0.6 is 0 Å². The summed E-state index contributed by atoms with van der Waals surface area (Å²) < 4.78 is 17.8. The number of aliphatic imine (C=N–C) groups is 1. The van der Waals surface area contributed by atoms with Crippen LogP contribution in [0.1, 0.15) is 39.7 Å². The van der Waals surface area contributed by atoms with Crippen molar-refractivity contribution < 1.29 is 14.0 Å². The molecule has 0 saturated carbocycles. The van der Waals surface area contributed by atoms with Crippen molar-refractivity contribution in [2.45, 2.75) is 45.3 Å². The van der Waals surface area contributed by atoms with Crippen LogP contribution in [0.25, 0.3) is 5.57 Å². The molecule has 1 fully saturated rings. The minimum absolute atomic E-state index is 0.303. The first kappa shape index (κ1) is 17.6. The summed E-state index contributed by atoms with van der Waals surface area (Å²) in [6.45, 7) is 11.6. The molecule has 1 aromatic rings. The molecular weight excluding hydrogens is 327 g/mol. The van der Waals surface area contributed by atoms with Gasteiger partial charge >= 0.3 is 7.12 Å². The summed E-state index contributed by atoms with van der Waals surface area (Å²) in [4.78, 5) is 6.60. The van der Waals surface area contributed by atoms with Gasteiger partial charge in [-0.2, -0.15) is 0 Å². The highest BCUT2D eigenvalue weighted by atomic mass is 16.7. The van der Waals surface area contributed by atoms with Crippen molar-refractivity contribution in [3.63, 3.8) is 0 Å². The molecular formula is C20H27BN2O3. The highest BCUT2D eigenvalue weighted by molar-refractivity contribution is 6.62. The second-order valence-electron chi connectivity index (χ2n) is 8.15. The number of amidine groups is 1. The first-order valence-electron chi connectivity index (χ1n) is 9.43. The van der Waals surface area contributed by atoms with Crippen molar-refractivity contribution in [2.75, 3.05) is 26.2 Å². The normalized spacial score (nSPS) is 24.3. The number of benzene rings is 1. The highest BCUT2D eigenvalue weighted by Gasteiger charge is 2.51. The van der Waals surface area contributed by atoms with Gasteiger partial charge in [-0.05, 0) is 50.7 Å². The maximum absolute atomic E-state index is 6.14. The van der Waals surface area contributed by atoms with Crippen molar-refractivity contribution >= 4 is 24.2 Å². The third kappa shape index (κ3) is 3.16. The summed E-state index contributed by atoms with van der Waals surface area (Å²) in [7, 11) is -0.303. The first-order valence-corrected chi connectivity index (χ1v) is 9.43. The molecule has 0 aromatic heterocycles. The lowest BCUT2D eigenvalue weighted by Gasteiger charge is -2.32. The van der Waals surface area contributed by atoms with Crippen LogP contribution < -0.4 is 5.46 Å². The van der Waals surface area contributed by atoms with Crippen LogP contribution in [0.2, 0.25) is 0 Å². The van der Waals surface area contributed by atoms with E-state index in [1.54, 1.807) is 0 Å². The van der Waals surface area contributed by atoms with E-state index in [4.69, 9.17) is 14.0 Å². The van der Waals surface area contributed by atoms with Crippen molar-refractivity contribution in [1.29, 1.82) is 0 Å². The van der Waals surface area contributed by atoms with Gasteiger partial charge in [0.15, 0.2) is 0 Å². The summed E-state index contributed by atoms with van der Waals surface area (Å²) in [6, 6.07) is 9.39. The molecule has 0 radical (unpaired) electrons. The molecule has 3 heterocycles. The molecule has 0 bridgehead atoms. The van der Waals surface area contributed by atoms with E-state index in [-0.39, 0.29) is 18.3 Å². The van der Waals surface area contributed by atoms with E-state index >= 15 is 0 Å². The Kier molecular flexibility index (Phi) is 4.36.